The fourth-order valence-corrected chi connectivity index (χ4v) is 2.49. The molecule has 0 aliphatic carbocycles. The molecule has 128 valence electrons. The maximum absolute atomic E-state index is 11.3. The van der Waals surface area contributed by atoms with E-state index in [2.05, 4.69) is 15.0 Å². The van der Waals surface area contributed by atoms with Gasteiger partial charge in [0.1, 0.15) is 0 Å². The SMILES string of the molecule is CC[C@H](OC)Oc1nc(N)nc2ccc(-c3ccccc3C=O)nc12. The Bertz CT molecular complexity index is 910. The zero-order valence-electron chi connectivity index (χ0n) is 14.0. The molecular formula is C18H18N4O3. The molecule has 7 nitrogen and oxygen atoms in total. The Labute approximate surface area is 144 Å². The van der Waals surface area contributed by atoms with Gasteiger partial charge in [0.25, 0.3) is 0 Å². The minimum atomic E-state index is -0.467. The number of hydrogen-bond donors (Lipinski definition) is 1. The van der Waals surface area contributed by atoms with Gasteiger partial charge in [-0.15, -0.1) is 0 Å². The van der Waals surface area contributed by atoms with E-state index >= 15 is 0 Å². The molecule has 1 atom stereocenters. The van der Waals surface area contributed by atoms with Crippen LogP contribution in [0.25, 0.3) is 22.3 Å². The molecule has 2 aromatic heterocycles. The van der Waals surface area contributed by atoms with Crippen LogP contribution in [0.2, 0.25) is 0 Å². The van der Waals surface area contributed by atoms with E-state index in [0.29, 0.717) is 28.7 Å². The largest absolute Gasteiger partial charge is 0.446 e. The summed E-state index contributed by atoms with van der Waals surface area (Å²) in [5, 5.41) is 0. The van der Waals surface area contributed by atoms with Crippen LogP contribution in [0.15, 0.2) is 36.4 Å². The van der Waals surface area contributed by atoms with Crippen LogP contribution in [0.3, 0.4) is 0 Å². The number of carbonyl (C=O) groups is 1. The topological polar surface area (TPSA) is 100 Å². The summed E-state index contributed by atoms with van der Waals surface area (Å²) in [6.45, 7) is 1.93. The zero-order chi connectivity index (χ0) is 17.8. The number of rotatable bonds is 6. The predicted octanol–water partition coefficient (Wildman–Crippen LogP) is 2.85. The second-order valence-corrected chi connectivity index (χ2v) is 5.35. The molecule has 2 heterocycles. The summed E-state index contributed by atoms with van der Waals surface area (Å²) in [6.07, 6.45) is 0.969. The van der Waals surface area contributed by atoms with Gasteiger partial charge in [-0.2, -0.15) is 4.98 Å². The van der Waals surface area contributed by atoms with Crippen molar-refractivity contribution in [2.75, 3.05) is 12.8 Å². The zero-order valence-corrected chi connectivity index (χ0v) is 14.0. The van der Waals surface area contributed by atoms with E-state index < -0.39 is 6.29 Å². The first kappa shape index (κ1) is 16.8. The van der Waals surface area contributed by atoms with E-state index in [4.69, 9.17) is 15.2 Å². The number of hydrogen-bond acceptors (Lipinski definition) is 7. The van der Waals surface area contributed by atoms with Gasteiger partial charge < -0.3 is 15.2 Å². The normalized spacial score (nSPS) is 12.1. The second-order valence-electron chi connectivity index (χ2n) is 5.35. The molecule has 0 saturated carbocycles. The molecule has 0 fully saturated rings. The summed E-state index contributed by atoms with van der Waals surface area (Å²) in [7, 11) is 1.56. The summed E-state index contributed by atoms with van der Waals surface area (Å²) < 4.78 is 11.0. The Hall–Kier alpha value is -3.06. The van der Waals surface area contributed by atoms with Gasteiger partial charge >= 0.3 is 0 Å². The quantitative estimate of drug-likeness (QED) is 0.545. The average molecular weight is 338 g/mol. The van der Waals surface area contributed by atoms with Crippen molar-refractivity contribution in [3.63, 3.8) is 0 Å². The van der Waals surface area contributed by atoms with Crippen LogP contribution in [-0.2, 0) is 4.74 Å². The Kier molecular flexibility index (Phi) is 4.85. The Morgan fingerprint density at radius 1 is 1.16 bits per heavy atom. The van der Waals surface area contributed by atoms with Crippen molar-refractivity contribution in [3.05, 3.63) is 42.0 Å². The third-order valence-corrected chi connectivity index (χ3v) is 3.73. The number of aromatic nitrogens is 3. The number of nitrogen functional groups attached to an aromatic ring is 1. The van der Waals surface area contributed by atoms with Gasteiger partial charge in [0.05, 0.1) is 11.2 Å². The van der Waals surface area contributed by atoms with Gasteiger partial charge in [0, 0.05) is 24.7 Å². The number of anilines is 1. The monoisotopic (exact) mass is 338 g/mol. The van der Waals surface area contributed by atoms with E-state index in [1.54, 1.807) is 31.4 Å². The minimum absolute atomic E-state index is 0.0938. The van der Waals surface area contributed by atoms with E-state index in [0.717, 1.165) is 11.8 Å². The number of pyridine rings is 1. The highest BCUT2D eigenvalue weighted by molar-refractivity contribution is 5.89. The molecule has 0 radical (unpaired) electrons. The lowest BCUT2D eigenvalue weighted by atomic mass is 10.0. The lowest BCUT2D eigenvalue weighted by molar-refractivity contribution is -0.0564. The highest BCUT2D eigenvalue weighted by atomic mass is 16.7. The number of nitrogens with two attached hydrogens (primary N) is 1. The summed E-state index contributed by atoms with van der Waals surface area (Å²) in [5.41, 5.74) is 8.68. The van der Waals surface area contributed by atoms with Gasteiger partial charge in [0.2, 0.25) is 18.1 Å². The van der Waals surface area contributed by atoms with Crippen LogP contribution in [0.5, 0.6) is 5.88 Å². The molecule has 3 rings (SSSR count). The number of nitrogens with zero attached hydrogens (tertiary/aromatic N) is 3. The molecule has 0 aliphatic heterocycles. The van der Waals surface area contributed by atoms with Gasteiger partial charge in [-0.3, -0.25) is 4.79 Å². The molecule has 0 amide bonds. The van der Waals surface area contributed by atoms with Crippen molar-refractivity contribution in [2.24, 2.45) is 0 Å². The molecule has 0 unspecified atom stereocenters. The van der Waals surface area contributed by atoms with Crippen LogP contribution in [0.1, 0.15) is 23.7 Å². The van der Waals surface area contributed by atoms with E-state index in [1.165, 1.54) is 0 Å². The van der Waals surface area contributed by atoms with Gasteiger partial charge in [-0.25, -0.2) is 9.97 Å². The van der Waals surface area contributed by atoms with Gasteiger partial charge in [-0.1, -0.05) is 31.2 Å². The molecule has 0 saturated heterocycles. The average Bonchev–Trinajstić information content (AvgIpc) is 2.65. The Balaban J connectivity index is 2.15. The third kappa shape index (κ3) is 3.41. The molecule has 0 aliphatic rings. The van der Waals surface area contributed by atoms with E-state index in [9.17, 15) is 4.79 Å². The summed E-state index contributed by atoms with van der Waals surface area (Å²) in [4.78, 5) is 24.2. The number of aldehydes is 1. The van der Waals surface area contributed by atoms with E-state index in [1.807, 2.05) is 19.1 Å². The first-order valence-corrected chi connectivity index (χ1v) is 7.84. The molecule has 0 spiro atoms. The fourth-order valence-electron chi connectivity index (χ4n) is 2.49. The predicted molar refractivity (Wildman–Crippen MR) is 94.3 cm³/mol. The van der Waals surface area contributed by atoms with Crippen molar-refractivity contribution >= 4 is 23.3 Å². The Morgan fingerprint density at radius 2 is 1.96 bits per heavy atom. The van der Waals surface area contributed by atoms with Crippen molar-refractivity contribution in [3.8, 4) is 17.1 Å². The molecule has 25 heavy (non-hydrogen) atoms. The molecule has 3 aromatic rings. The van der Waals surface area contributed by atoms with Crippen LogP contribution >= 0.6 is 0 Å². The molecule has 7 heteroatoms. The summed E-state index contributed by atoms with van der Waals surface area (Å²) in [5.74, 6) is 0.345. The molecule has 1 aromatic carbocycles. The fraction of sp³-hybridized carbons (Fsp3) is 0.222. The van der Waals surface area contributed by atoms with Crippen molar-refractivity contribution in [1.29, 1.82) is 0 Å². The van der Waals surface area contributed by atoms with Crippen LogP contribution in [0.4, 0.5) is 5.95 Å². The van der Waals surface area contributed by atoms with Crippen LogP contribution in [0, 0.1) is 0 Å². The number of benzene rings is 1. The van der Waals surface area contributed by atoms with Gasteiger partial charge in [-0.05, 0) is 12.1 Å². The highest BCUT2D eigenvalue weighted by Crippen LogP contribution is 2.28. The lowest BCUT2D eigenvalue weighted by Gasteiger charge is -2.16. The van der Waals surface area contributed by atoms with E-state index in [-0.39, 0.29) is 11.8 Å². The van der Waals surface area contributed by atoms with Crippen LogP contribution < -0.4 is 10.5 Å². The second kappa shape index (κ2) is 7.23. The third-order valence-electron chi connectivity index (χ3n) is 3.73. The Morgan fingerprint density at radius 3 is 2.68 bits per heavy atom. The van der Waals surface area contributed by atoms with Crippen LogP contribution in [-0.4, -0.2) is 34.6 Å². The summed E-state index contributed by atoms with van der Waals surface area (Å²) in [6, 6.07) is 10.8. The standard InChI is InChI=1S/C18H18N4O3/c1-3-15(24-2)25-17-16-14(21-18(19)22-17)9-8-13(20-16)12-7-5-4-6-11(12)10-23/h4-10,15H,3H2,1-2H3,(H2,19,21,22)/t15-/m1/s1. The molecule has 2 N–H and O–H groups in total. The first-order chi connectivity index (χ1) is 12.2. The van der Waals surface area contributed by atoms with Gasteiger partial charge in [0.15, 0.2) is 11.8 Å². The minimum Gasteiger partial charge on any atom is -0.446 e. The van der Waals surface area contributed by atoms with Crippen molar-refractivity contribution in [2.45, 2.75) is 19.6 Å². The lowest BCUT2D eigenvalue weighted by Crippen LogP contribution is -2.19. The molecular weight excluding hydrogens is 320 g/mol. The highest BCUT2D eigenvalue weighted by Gasteiger charge is 2.15. The maximum Gasteiger partial charge on any atom is 0.247 e. The number of carbonyl (C=O) groups excluding carboxylic acids is 1. The summed E-state index contributed by atoms with van der Waals surface area (Å²) >= 11 is 0. The number of fused-ring (bicyclic) bond motifs is 1. The molecule has 0 bridgehead atoms. The number of ether oxygens (including phenoxy) is 2. The van der Waals surface area contributed by atoms with Crippen molar-refractivity contribution in [1.82, 2.24) is 15.0 Å². The maximum atomic E-state index is 11.3. The number of methoxy groups -OCH3 is 1. The smallest absolute Gasteiger partial charge is 0.247 e. The van der Waals surface area contributed by atoms with Crippen molar-refractivity contribution < 1.29 is 14.3 Å². The first-order valence-electron chi connectivity index (χ1n) is 7.84.